The molecule has 0 unspecified atom stereocenters. The van der Waals surface area contributed by atoms with E-state index in [1.54, 1.807) is 0 Å². The third-order valence-electron chi connectivity index (χ3n) is 4.24. The van der Waals surface area contributed by atoms with Crippen LogP contribution in [0.15, 0.2) is 23.1 Å². The Morgan fingerprint density at radius 3 is 2.68 bits per heavy atom. The van der Waals surface area contributed by atoms with Crippen LogP contribution in [0.5, 0.6) is 0 Å². The van der Waals surface area contributed by atoms with Gasteiger partial charge in [0.2, 0.25) is 5.91 Å². The molecule has 1 aromatic rings. The van der Waals surface area contributed by atoms with Crippen LogP contribution in [0, 0.1) is 5.92 Å². The second kappa shape index (κ2) is 7.24. The lowest BCUT2D eigenvalue weighted by atomic mass is 9.86. The summed E-state index contributed by atoms with van der Waals surface area (Å²) < 4.78 is 1.27. The number of carbonyl (C=O) groups is 2. The van der Waals surface area contributed by atoms with Crippen LogP contribution in [0.25, 0.3) is 0 Å². The van der Waals surface area contributed by atoms with Crippen molar-refractivity contribution in [2.45, 2.75) is 45.2 Å². The number of nitrogens with one attached hydrogen (secondary N) is 2. The first-order valence-electron chi connectivity index (χ1n) is 7.73. The minimum atomic E-state index is -0.292. The monoisotopic (exact) mass is 305 g/mol. The van der Waals surface area contributed by atoms with Crippen molar-refractivity contribution in [3.05, 3.63) is 34.2 Å². The van der Waals surface area contributed by atoms with Gasteiger partial charge in [0.1, 0.15) is 6.54 Å². The smallest absolute Gasteiger partial charge is 0.252 e. The molecule has 1 fully saturated rings. The first-order valence-corrected chi connectivity index (χ1v) is 7.73. The molecule has 1 aromatic heterocycles. The molecule has 120 valence electrons. The quantitative estimate of drug-likeness (QED) is 0.867. The number of aromatic nitrogens is 1. The lowest BCUT2D eigenvalue weighted by molar-refractivity contribution is -0.123. The van der Waals surface area contributed by atoms with Crippen LogP contribution >= 0.6 is 0 Å². The molecule has 0 aliphatic heterocycles. The summed E-state index contributed by atoms with van der Waals surface area (Å²) in [5.74, 6) is -0.00315. The van der Waals surface area contributed by atoms with E-state index in [2.05, 4.69) is 17.6 Å². The van der Waals surface area contributed by atoms with Gasteiger partial charge in [0.05, 0.1) is 5.56 Å². The van der Waals surface area contributed by atoms with Gasteiger partial charge in [0, 0.05) is 25.4 Å². The largest absolute Gasteiger partial charge is 0.355 e. The summed E-state index contributed by atoms with van der Waals surface area (Å²) in [7, 11) is 1.52. The predicted octanol–water partition coefficient (Wildman–Crippen LogP) is 0.903. The maximum absolute atomic E-state index is 12.2. The third-order valence-corrected chi connectivity index (χ3v) is 4.24. The van der Waals surface area contributed by atoms with Crippen molar-refractivity contribution in [2.75, 3.05) is 7.05 Å². The van der Waals surface area contributed by atoms with Gasteiger partial charge in [-0.1, -0.05) is 19.8 Å². The molecule has 2 amide bonds. The van der Waals surface area contributed by atoms with Crippen molar-refractivity contribution in [2.24, 2.45) is 5.92 Å². The maximum atomic E-state index is 12.2. The van der Waals surface area contributed by atoms with Gasteiger partial charge >= 0.3 is 0 Å². The van der Waals surface area contributed by atoms with Gasteiger partial charge in [0.15, 0.2) is 0 Å². The number of amides is 2. The van der Waals surface area contributed by atoms with E-state index in [1.807, 2.05) is 0 Å². The Kier molecular flexibility index (Phi) is 5.35. The lowest BCUT2D eigenvalue weighted by Crippen LogP contribution is -2.43. The minimum absolute atomic E-state index is 0.0626. The highest BCUT2D eigenvalue weighted by Crippen LogP contribution is 2.23. The Bertz CT molecular complexity index is 609. The zero-order valence-electron chi connectivity index (χ0n) is 13.1. The highest BCUT2D eigenvalue weighted by Gasteiger charge is 2.22. The van der Waals surface area contributed by atoms with Crippen LogP contribution < -0.4 is 16.2 Å². The molecule has 1 heterocycles. The summed E-state index contributed by atoms with van der Waals surface area (Å²) in [5, 5.41) is 5.51. The summed E-state index contributed by atoms with van der Waals surface area (Å²) in [6.07, 6.45) is 5.87. The Balaban J connectivity index is 2.04. The van der Waals surface area contributed by atoms with Crippen LogP contribution in [-0.4, -0.2) is 29.5 Å². The highest BCUT2D eigenvalue weighted by atomic mass is 16.2. The molecule has 0 aromatic carbocycles. The first-order chi connectivity index (χ1) is 10.5. The molecule has 0 radical (unpaired) electrons. The molecule has 0 bridgehead atoms. The summed E-state index contributed by atoms with van der Waals surface area (Å²) in [6, 6.07) is 2.94. The van der Waals surface area contributed by atoms with Crippen molar-refractivity contribution < 1.29 is 9.59 Å². The molecular formula is C16H23N3O3. The van der Waals surface area contributed by atoms with E-state index in [4.69, 9.17) is 0 Å². The van der Waals surface area contributed by atoms with Crippen LogP contribution in [0.3, 0.4) is 0 Å². The van der Waals surface area contributed by atoms with Crippen LogP contribution in [-0.2, 0) is 11.3 Å². The first kappa shape index (κ1) is 16.3. The van der Waals surface area contributed by atoms with E-state index in [0.717, 1.165) is 19.3 Å². The fourth-order valence-electron chi connectivity index (χ4n) is 2.87. The van der Waals surface area contributed by atoms with Gasteiger partial charge in [-0.05, 0) is 24.8 Å². The van der Waals surface area contributed by atoms with Crippen LogP contribution in [0.4, 0.5) is 0 Å². The van der Waals surface area contributed by atoms with E-state index in [9.17, 15) is 14.4 Å². The van der Waals surface area contributed by atoms with Crippen molar-refractivity contribution in [1.82, 2.24) is 15.2 Å². The molecule has 0 spiro atoms. The second-order valence-corrected chi connectivity index (χ2v) is 5.90. The molecule has 1 aliphatic rings. The zero-order valence-corrected chi connectivity index (χ0v) is 13.1. The Hall–Kier alpha value is -2.11. The Morgan fingerprint density at radius 1 is 1.27 bits per heavy atom. The van der Waals surface area contributed by atoms with Gasteiger partial charge in [-0.25, -0.2) is 0 Å². The molecule has 2 atom stereocenters. The summed E-state index contributed by atoms with van der Waals surface area (Å²) in [4.78, 5) is 35.6. The number of pyridine rings is 1. The Morgan fingerprint density at radius 2 is 2.00 bits per heavy atom. The van der Waals surface area contributed by atoms with E-state index in [-0.39, 0.29) is 30.0 Å². The van der Waals surface area contributed by atoms with E-state index in [0.29, 0.717) is 11.5 Å². The van der Waals surface area contributed by atoms with Crippen molar-refractivity contribution in [1.29, 1.82) is 0 Å². The number of nitrogens with zero attached hydrogens (tertiary/aromatic N) is 1. The van der Waals surface area contributed by atoms with Gasteiger partial charge in [-0.2, -0.15) is 0 Å². The fraction of sp³-hybridized carbons (Fsp3) is 0.562. The van der Waals surface area contributed by atoms with E-state index < -0.39 is 0 Å². The molecule has 2 N–H and O–H groups in total. The highest BCUT2D eigenvalue weighted by molar-refractivity contribution is 5.93. The molecule has 6 heteroatoms. The van der Waals surface area contributed by atoms with E-state index >= 15 is 0 Å². The van der Waals surface area contributed by atoms with Gasteiger partial charge in [-0.15, -0.1) is 0 Å². The SMILES string of the molecule is CNC(=O)c1ccc(=O)n(CC(=O)N[C@@H]2CCCC[C@@H]2C)c1. The Labute approximate surface area is 129 Å². The summed E-state index contributed by atoms with van der Waals surface area (Å²) in [6.45, 7) is 2.08. The second-order valence-electron chi connectivity index (χ2n) is 5.90. The number of rotatable bonds is 4. The minimum Gasteiger partial charge on any atom is -0.355 e. The molecular weight excluding hydrogens is 282 g/mol. The molecule has 6 nitrogen and oxygen atoms in total. The number of carbonyl (C=O) groups excluding carboxylic acids is 2. The van der Waals surface area contributed by atoms with Gasteiger partial charge < -0.3 is 15.2 Å². The molecule has 22 heavy (non-hydrogen) atoms. The summed E-state index contributed by atoms with van der Waals surface area (Å²) >= 11 is 0. The summed E-state index contributed by atoms with van der Waals surface area (Å²) in [5.41, 5.74) is 0.0698. The van der Waals surface area contributed by atoms with Crippen molar-refractivity contribution in [3.63, 3.8) is 0 Å². The van der Waals surface area contributed by atoms with Gasteiger partial charge in [0.25, 0.3) is 11.5 Å². The van der Waals surface area contributed by atoms with Crippen molar-refractivity contribution >= 4 is 11.8 Å². The molecule has 0 saturated heterocycles. The zero-order chi connectivity index (χ0) is 16.1. The molecule has 1 saturated carbocycles. The average molecular weight is 305 g/mol. The fourth-order valence-corrected chi connectivity index (χ4v) is 2.87. The average Bonchev–Trinajstić information content (AvgIpc) is 2.51. The maximum Gasteiger partial charge on any atom is 0.252 e. The predicted molar refractivity (Wildman–Crippen MR) is 83.7 cm³/mol. The van der Waals surface area contributed by atoms with E-state index in [1.165, 1.54) is 36.4 Å². The van der Waals surface area contributed by atoms with Gasteiger partial charge in [-0.3, -0.25) is 14.4 Å². The molecule has 1 aliphatic carbocycles. The topological polar surface area (TPSA) is 80.2 Å². The number of hydrogen-bond donors (Lipinski definition) is 2. The van der Waals surface area contributed by atoms with Crippen LogP contribution in [0.1, 0.15) is 43.0 Å². The van der Waals surface area contributed by atoms with Crippen LogP contribution in [0.2, 0.25) is 0 Å². The lowest BCUT2D eigenvalue weighted by Gasteiger charge is -2.29. The molecule has 2 rings (SSSR count). The standard InChI is InChI=1S/C16H23N3O3/c1-11-5-3-4-6-13(11)18-14(20)10-19-9-12(16(22)17-2)7-8-15(19)21/h7-9,11,13H,3-6,10H2,1-2H3,(H,17,22)(H,18,20)/t11-,13+/m0/s1. The normalized spacial score (nSPS) is 21.2. The third kappa shape index (κ3) is 3.96. The van der Waals surface area contributed by atoms with Crippen molar-refractivity contribution in [3.8, 4) is 0 Å². The number of hydrogen-bond acceptors (Lipinski definition) is 3.